The lowest BCUT2D eigenvalue weighted by Gasteiger charge is -2.30. The fraction of sp³-hybridized carbons (Fsp3) is 0.571. The molecule has 1 aliphatic rings. The highest BCUT2D eigenvalue weighted by atomic mass is 32.2. The minimum absolute atomic E-state index is 0.0224. The van der Waals surface area contributed by atoms with E-state index in [1.54, 1.807) is 18.2 Å². The highest BCUT2D eigenvalue weighted by Crippen LogP contribution is 2.19. The van der Waals surface area contributed by atoms with Gasteiger partial charge in [-0.3, -0.25) is 0 Å². The summed E-state index contributed by atoms with van der Waals surface area (Å²) < 4.78 is 27.5. The number of piperidine rings is 1. The summed E-state index contributed by atoms with van der Waals surface area (Å²) in [5, 5.41) is 0. The number of benzene rings is 1. The van der Waals surface area contributed by atoms with Crippen LogP contribution in [0.25, 0.3) is 0 Å². The molecule has 0 amide bonds. The molecule has 1 atom stereocenters. The van der Waals surface area contributed by atoms with Gasteiger partial charge in [0.1, 0.15) is 0 Å². The number of anilines is 1. The fourth-order valence-electron chi connectivity index (χ4n) is 2.61. The van der Waals surface area contributed by atoms with Gasteiger partial charge in [0.25, 0.3) is 0 Å². The average molecular weight is 297 g/mol. The minimum atomic E-state index is -3.49. The molecule has 2 rings (SSSR count). The predicted molar refractivity (Wildman–Crippen MR) is 81.1 cm³/mol. The second-order valence-corrected chi connectivity index (χ2v) is 7.15. The van der Waals surface area contributed by atoms with E-state index in [9.17, 15) is 8.42 Å². The van der Waals surface area contributed by atoms with E-state index in [-0.39, 0.29) is 10.9 Å². The topological polar surface area (TPSA) is 75.4 Å². The Morgan fingerprint density at radius 1 is 1.45 bits per heavy atom. The van der Waals surface area contributed by atoms with Gasteiger partial charge in [0.05, 0.1) is 4.90 Å². The highest BCUT2D eigenvalue weighted by molar-refractivity contribution is 7.89. The summed E-state index contributed by atoms with van der Waals surface area (Å²) in [5.74, 6) is 0. The van der Waals surface area contributed by atoms with Gasteiger partial charge in [-0.05, 0) is 50.6 Å². The zero-order valence-electron chi connectivity index (χ0n) is 12.1. The van der Waals surface area contributed by atoms with Crippen molar-refractivity contribution >= 4 is 15.7 Å². The molecule has 0 bridgehead atoms. The van der Waals surface area contributed by atoms with Crippen molar-refractivity contribution in [3.63, 3.8) is 0 Å². The summed E-state index contributed by atoms with van der Waals surface area (Å²) in [5.41, 5.74) is 7.39. The molecule has 1 saturated heterocycles. The number of rotatable bonds is 4. The average Bonchev–Trinajstić information content (AvgIpc) is 2.38. The first-order valence-corrected chi connectivity index (χ1v) is 8.50. The Labute approximate surface area is 121 Å². The molecule has 1 aromatic carbocycles. The van der Waals surface area contributed by atoms with Gasteiger partial charge in [0.15, 0.2) is 0 Å². The SMILES string of the molecule is CCc1ccc(S(=O)(=O)NC2CCCN(C)C2)cc1N. The summed E-state index contributed by atoms with van der Waals surface area (Å²) in [4.78, 5) is 2.39. The van der Waals surface area contributed by atoms with Gasteiger partial charge >= 0.3 is 0 Å². The van der Waals surface area contributed by atoms with E-state index >= 15 is 0 Å². The molecular formula is C14H23N3O2S. The highest BCUT2D eigenvalue weighted by Gasteiger charge is 2.24. The summed E-state index contributed by atoms with van der Waals surface area (Å²) in [6.45, 7) is 3.77. The number of nitrogens with zero attached hydrogens (tertiary/aromatic N) is 1. The number of sulfonamides is 1. The van der Waals surface area contributed by atoms with Crippen molar-refractivity contribution in [2.45, 2.75) is 37.1 Å². The van der Waals surface area contributed by atoms with Crippen LogP contribution < -0.4 is 10.5 Å². The fourth-order valence-corrected chi connectivity index (χ4v) is 3.91. The monoisotopic (exact) mass is 297 g/mol. The maximum Gasteiger partial charge on any atom is 0.240 e. The molecule has 1 aromatic rings. The molecule has 20 heavy (non-hydrogen) atoms. The van der Waals surface area contributed by atoms with Crippen LogP contribution >= 0.6 is 0 Å². The predicted octanol–water partition coefficient (Wildman–Crippen LogP) is 1.20. The van der Waals surface area contributed by atoms with Gasteiger partial charge in [-0.25, -0.2) is 13.1 Å². The van der Waals surface area contributed by atoms with Crippen LogP contribution in [-0.4, -0.2) is 39.5 Å². The van der Waals surface area contributed by atoms with E-state index in [4.69, 9.17) is 5.73 Å². The first kappa shape index (κ1) is 15.3. The van der Waals surface area contributed by atoms with Crippen molar-refractivity contribution in [2.24, 2.45) is 0 Å². The van der Waals surface area contributed by atoms with Crippen molar-refractivity contribution in [1.82, 2.24) is 9.62 Å². The van der Waals surface area contributed by atoms with Gasteiger partial charge in [-0.15, -0.1) is 0 Å². The van der Waals surface area contributed by atoms with Gasteiger partial charge in [0.2, 0.25) is 10.0 Å². The smallest absolute Gasteiger partial charge is 0.240 e. The second kappa shape index (κ2) is 6.11. The minimum Gasteiger partial charge on any atom is -0.398 e. The molecule has 1 aliphatic heterocycles. The van der Waals surface area contributed by atoms with E-state index in [0.717, 1.165) is 37.9 Å². The van der Waals surface area contributed by atoms with Crippen LogP contribution in [0.3, 0.4) is 0 Å². The van der Waals surface area contributed by atoms with Crippen LogP contribution in [0.4, 0.5) is 5.69 Å². The number of nitrogens with two attached hydrogens (primary N) is 1. The Bertz CT molecular complexity index is 572. The summed E-state index contributed by atoms with van der Waals surface area (Å²) in [7, 11) is -1.48. The number of aryl methyl sites for hydroxylation is 1. The summed E-state index contributed by atoms with van der Waals surface area (Å²) in [6.07, 6.45) is 2.69. The molecule has 0 aromatic heterocycles. The lowest BCUT2D eigenvalue weighted by atomic mass is 10.1. The molecule has 1 unspecified atom stereocenters. The number of nitrogens with one attached hydrogen (secondary N) is 1. The first-order chi connectivity index (χ1) is 9.42. The van der Waals surface area contributed by atoms with Gasteiger partial charge in [-0.2, -0.15) is 0 Å². The second-order valence-electron chi connectivity index (χ2n) is 5.44. The van der Waals surface area contributed by atoms with E-state index in [0.29, 0.717) is 5.69 Å². The number of hydrogen-bond acceptors (Lipinski definition) is 4. The van der Waals surface area contributed by atoms with Crippen LogP contribution in [0, 0.1) is 0 Å². The molecular weight excluding hydrogens is 274 g/mol. The first-order valence-electron chi connectivity index (χ1n) is 7.01. The quantitative estimate of drug-likeness (QED) is 0.819. The third-order valence-corrected chi connectivity index (χ3v) is 5.27. The summed E-state index contributed by atoms with van der Waals surface area (Å²) in [6, 6.07) is 4.94. The van der Waals surface area contributed by atoms with E-state index in [1.807, 2.05) is 14.0 Å². The molecule has 6 heteroatoms. The van der Waals surface area contributed by atoms with Crippen molar-refractivity contribution in [3.8, 4) is 0 Å². The molecule has 5 nitrogen and oxygen atoms in total. The third-order valence-electron chi connectivity index (χ3n) is 3.75. The third kappa shape index (κ3) is 3.50. The normalized spacial score (nSPS) is 21.0. The largest absolute Gasteiger partial charge is 0.398 e. The molecule has 1 heterocycles. The van der Waals surface area contributed by atoms with Crippen LogP contribution in [0.1, 0.15) is 25.3 Å². The molecule has 112 valence electrons. The zero-order chi connectivity index (χ0) is 14.8. The number of hydrogen-bond donors (Lipinski definition) is 2. The maximum atomic E-state index is 12.4. The Kier molecular flexibility index (Phi) is 4.67. The molecule has 1 fully saturated rings. The van der Waals surface area contributed by atoms with Gasteiger partial charge in [-0.1, -0.05) is 13.0 Å². The van der Waals surface area contributed by atoms with Crippen molar-refractivity contribution in [3.05, 3.63) is 23.8 Å². The summed E-state index contributed by atoms with van der Waals surface area (Å²) >= 11 is 0. The Balaban J connectivity index is 2.15. The van der Waals surface area contributed by atoms with Crippen LogP contribution in [-0.2, 0) is 16.4 Å². The van der Waals surface area contributed by atoms with Crippen molar-refractivity contribution in [2.75, 3.05) is 25.9 Å². The maximum absolute atomic E-state index is 12.4. The Morgan fingerprint density at radius 2 is 2.20 bits per heavy atom. The van der Waals surface area contributed by atoms with Crippen molar-refractivity contribution < 1.29 is 8.42 Å². The zero-order valence-corrected chi connectivity index (χ0v) is 12.9. The molecule has 3 N–H and O–H groups in total. The van der Waals surface area contributed by atoms with E-state index in [1.165, 1.54) is 0 Å². The molecule has 0 radical (unpaired) electrons. The Hall–Kier alpha value is -1.11. The lowest BCUT2D eigenvalue weighted by Crippen LogP contribution is -2.46. The number of nitrogen functional groups attached to an aromatic ring is 1. The molecule has 0 spiro atoms. The van der Waals surface area contributed by atoms with Crippen LogP contribution in [0.5, 0.6) is 0 Å². The number of likely N-dealkylation sites (tertiary alicyclic amines) is 1. The Morgan fingerprint density at radius 3 is 2.80 bits per heavy atom. The molecule has 0 aliphatic carbocycles. The van der Waals surface area contributed by atoms with Crippen LogP contribution in [0.15, 0.2) is 23.1 Å². The van der Waals surface area contributed by atoms with E-state index < -0.39 is 10.0 Å². The van der Waals surface area contributed by atoms with Gasteiger partial charge in [0, 0.05) is 18.3 Å². The van der Waals surface area contributed by atoms with Crippen molar-refractivity contribution in [1.29, 1.82) is 0 Å². The standard InChI is InChI=1S/C14H23N3O2S/c1-3-11-6-7-13(9-14(11)15)20(18,19)16-12-5-4-8-17(2)10-12/h6-7,9,12,16H,3-5,8,10,15H2,1-2H3. The lowest BCUT2D eigenvalue weighted by molar-refractivity contribution is 0.242. The van der Waals surface area contributed by atoms with Crippen LogP contribution in [0.2, 0.25) is 0 Å². The molecule has 0 saturated carbocycles. The van der Waals surface area contributed by atoms with Gasteiger partial charge < -0.3 is 10.6 Å². The number of likely N-dealkylation sites (N-methyl/N-ethyl adjacent to an activating group) is 1. The van der Waals surface area contributed by atoms with E-state index in [2.05, 4.69) is 9.62 Å².